The van der Waals surface area contributed by atoms with Crippen LogP contribution in [0.4, 0.5) is 0 Å². The molecule has 0 aliphatic heterocycles. The third-order valence-electron chi connectivity index (χ3n) is 10.9. The van der Waals surface area contributed by atoms with Gasteiger partial charge in [0.2, 0.25) is 47.3 Å². The maximum absolute atomic E-state index is 14.1. The molecule has 24 heteroatoms. The molecule has 0 aliphatic carbocycles. The minimum absolute atomic E-state index is 0.0364. The van der Waals surface area contributed by atoms with Crippen molar-refractivity contribution in [2.24, 2.45) is 34.0 Å². The van der Waals surface area contributed by atoms with E-state index in [1.165, 1.54) is 13.8 Å². The molecule has 0 spiro atoms. The van der Waals surface area contributed by atoms with Crippen LogP contribution in [0.1, 0.15) is 84.8 Å². The summed E-state index contributed by atoms with van der Waals surface area (Å²) in [7, 11) is 0. The molecule has 0 unspecified atom stereocenters. The molecular weight excluding hydrogens is 937 g/mol. The Labute approximate surface area is 418 Å². The molecule has 8 atom stereocenters. The summed E-state index contributed by atoms with van der Waals surface area (Å²) >= 11 is 0. The van der Waals surface area contributed by atoms with E-state index in [-0.39, 0.29) is 56.9 Å². The summed E-state index contributed by atoms with van der Waals surface area (Å²) in [5, 5.41) is 38.9. The zero-order valence-electron chi connectivity index (χ0n) is 41.6. The van der Waals surface area contributed by atoms with Gasteiger partial charge in [0, 0.05) is 19.4 Å². The third-order valence-corrected chi connectivity index (χ3v) is 10.9. The number of nitrogens with one attached hydrogen (secondary N) is 8. The Morgan fingerprint density at radius 2 is 1.06 bits per heavy atom. The van der Waals surface area contributed by atoms with Crippen molar-refractivity contribution in [3.63, 3.8) is 0 Å². The summed E-state index contributed by atoms with van der Waals surface area (Å²) in [6.45, 7) is 8.83. The first-order chi connectivity index (χ1) is 33.9. The summed E-state index contributed by atoms with van der Waals surface area (Å²) in [6.07, 6.45) is -0.573. The topological polar surface area (TPSA) is 398 Å². The van der Waals surface area contributed by atoms with Crippen molar-refractivity contribution in [3.05, 3.63) is 71.8 Å². The Balaban J connectivity index is 2.24. The highest BCUT2D eigenvalue weighted by Gasteiger charge is 2.34. The SMILES string of the molecule is CC(C)C[C@H](NC(=O)[C@H](C)NC(=O)[C@H](CCCN=C(N)N)NC(=O)[C@@H](NC(=O)[C@H](Cc1ccccc1)NC(=O)CNC(=O)[C@H](CCC(=O)O)NC(=O)[C@H](C)NC(=O)[C@@H](N)Cc1ccccc1)C(C)C)C(=O)O. The fraction of sp³-hybridized carbons (Fsp3) is 0.521. The van der Waals surface area contributed by atoms with Gasteiger partial charge in [0.25, 0.3) is 0 Å². The summed E-state index contributed by atoms with van der Waals surface area (Å²) in [5.41, 5.74) is 18.3. The molecule has 0 aliphatic rings. The monoisotopic (exact) mass is 1010 g/mol. The molecule has 16 N–H and O–H groups in total. The highest BCUT2D eigenvalue weighted by molar-refractivity contribution is 5.97. The van der Waals surface area contributed by atoms with E-state index in [0.717, 1.165) is 5.56 Å². The van der Waals surface area contributed by atoms with Crippen molar-refractivity contribution in [2.45, 2.75) is 135 Å². The number of carbonyl (C=O) groups is 10. The molecule has 396 valence electrons. The van der Waals surface area contributed by atoms with E-state index in [4.69, 9.17) is 17.2 Å². The van der Waals surface area contributed by atoms with Gasteiger partial charge in [-0.05, 0) is 68.9 Å². The van der Waals surface area contributed by atoms with Gasteiger partial charge in [-0.3, -0.25) is 48.1 Å². The predicted molar refractivity (Wildman–Crippen MR) is 265 cm³/mol. The molecule has 8 amide bonds. The zero-order valence-corrected chi connectivity index (χ0v) is 41.6. The van der Waals surface area contributed by atoms with Gasteiger partial charge in [-0.2, -0.15) is 0 Å². The van der Waals surface area contributed by atoms with Gasteiger partial charge in [0.15, 0.2) is 5.96 Å². The van der Waals surface area contributed by atoms with Crippen LogP contribution in [0.3, 0.4) is 0 Å². The molecule has 24 nitrogen and oxygen atoms in total. The van der Waals surface area contributed by atoms with Crippen LogP contribution in [0.2, 0.25) is 0 Å². The summed E-state index contributed by atoms with van der Waals surface area (Å²) < 4.78 is 0. The number of nitrogens with two attached hydrogens (primary N) is 3. The second-order valence-electron chi connectivity index (χ2n) is 18.0. The maximum Gasteiger partial charge on any atom is 0.326 e. The molecule has 0 radical (unpaired) electrons. The zero-order chi connectivity index (χ0) is 54.1. The molecule has 0 fully saturated rings. The van der Waals surface area contributed by atoms with Gasteiger partial charge in [-0.1, -0.05) is 88.4 Å². The fourth-order valence-electron chi connectivity index (χ4n) is 6.97. The van der Waals surface area contributed by atoms with Crippen molar-refractivity contribution in [2.75, 3.05) is 13.1 Å². The number of benzene rings is 2. The van der Waals surface area contributed by atoms with E-state index in [9.17, 15) is 58.2 Å². The minimum Gasteiger partial charge on any atom is -0.481 e. The maximum atomic E-state index is 14.1. The Hall–Kier alpha value is -7.63. The second-order valence-corrected chi connectivity index (χ2v) is 18.0. The number of carboxylic acids is 2. The molecule has 72 heavy (non-hydrogen) atoms. The number of carboxylic acid groups (broad SMARTS) is 2. The fourth-order valence-corrected chi connectivity index (χ4v) is 6.97. The van der Waals surface area contributed by atoms with E-state index >= 15 is 0 Å². The van der Waals surface area contributed by atoms with Crippen LogP contribution in [0.25, 0.3) is 0 Å². The van der Waals surface area contributed by atoms with Crippen molar-refractivity contribution in [1.82, 2.24) is 42.5 Å². The lowest BCUT2D eigenvalue weighted by Crippen LogP contribution is -2.60. The lowest BCUT2D eigenvalue weighted by molar-refractivity contribution is -0.142. The molecule has 2 rings (SSSR count). The van der Waals surface area contributed by atoms with Gasteiger partial charge in [0.05, 0.1) is 12.6 Å². The summed E-state index contributed by atoms with van der Waals surface area (Å²) in [4.78, 5) is 135. The molecule has 2 aromatic rings. The van der Waals surface area contributed by atoms with Gasteiger partial charge in [0.1, 0.15) is 42.3 Å². The molecule has 0 heterocycles. The molecule has 0 saturated heterocycles. The Bertz CT molecular complexity index is 2190. The number of rotatable bonds is 31. The first-order valence-electron chi connectivity index (χ1n) is 23.6. The highest BCUT2D eigenvalue weighted by atomic mass is 16.4. The van der Waals surface area contributed by atoms with Crippen molar-refractivity contribution < 1.29 is 58.2 Å². The predicted octanol–water partition coefficient (Wildman–Crippen LogP) is -1.95. The number of nitrogens with zero attached hydrogens (tertiary/aromatic N) is 1. The molecule has 0 aromatic heterocycles. The standard InChI is InChI=1S/C48H72N12O12/c1-26(2)22-36(47(71)72)59-41(65)29(6)55-44(68)33(18-13-21-52-48(50)51)58-46(70)39(27(3)4)60-45(69)35(24-31-16-11-8-12-17-31)56-37(61)25-53-43(67)34(19-20-38(62)63)57-40(64)28(5)54-42(66)32(49)23-30-14-9-7-10-15-30/h7-12,14-17,26-29,32-36,39H,13,18-25,49H2,1-6H3,(H,53,67)(H,54,66)(H,55,68)(H,56,61)(H,57,64)(H,58,70)(H,59,65)(H,60,69)(H,62,63)(H,71,72)(H4,50,51,52)/t28-,29-,32-,33-,34-,35-,36-,39-/m0/s1. The van der Waals surface area contributed by atoms with Gasteiger partial charge in [-0.25, -0.2) is 4.79 Å². The number of hydrogen-bond donors (Lipinski definition) is 13. The van der Waals surface area contributed by atoms with Gasteiger partial charge >= 0.3 is 11.9 Å². The molecule has 0 saturated carbocycles. The second kappa shape index (κ2) is 30.9. The molecule has 2 aromatic carbocycles. The van der Waals surface area contributed by atoms with Gasteiger partial charge in [-0.15, -0.1) is 0 Å². The van der Waals surface area contributed by atoms with Crippen molar-refractivity contribution in [3.8, 4) is 0 Å². The smallest absolute Gasteiger partial charge is 0.326 e. The van der Waals surface area contributed by atoms with Crippen LogP contribution in [0, 0.1) is 11.8 Å². The van der Waals surface area contributed by atoms with Crippen LogP contribution in [-0.2, 0) is 60.8 Å². The minimum atomic E-state index is -1.47. The normalized spacial score (nSPS) is 14.3. The number of aliphatic imine (C=N–C) groups is 1. The van der Waals surface area contributed by atoms with E-state index in [1.54, 1.807) is 88.4 Å². The number of aliphatic carboxylic acids is 2. The van der Waals surface area contributed by atoms with Crippen LogP contribution in [0.15, 0.2) is 65.7 Å². The van der Waals surface area contributed by atoms with E-state index in [0.29, 0.717) is 5.56 Å². The number of carbonyl (C=O) groups excluding carboxylic acids is 8. The Morgan fingerprint density at radius 3 is 1.57 bits per heavy atom. The Morgan fingerprint density at radius 1 is 0.556 bits per heavy atom. The van der Waals surface area contributed by atoms with E-state index < -0.39 is 126 Å². The first kappa shape index (κ1) is 60.5. The largest absolute Gasteiger partial charge is 0.481 e. The average molecular weight is 1010 g/mol. The third kappa shape index (κ3) is 22.9. The lowest BCUT2D eigenvalue weighted by Gasteiger charge is -2.28. The molecular formula is C48H72N12O12. The average Bonchev–Trinajstić information content (AvgIpc) is 3.31. The number of guanidine groups is 1. The van der Waals surface area contributed by atoms with E-state index in [1.807, 2.05) is 0 Å². The highest BCUT2D eigenvalue weighted by Crippen LogP contribution is 2.11. The summed E-state index contributed by atoms with van der Waals surface area (Å²) in [5.74, 6) is -9.93. The number of hydrogen-bond acceptors (Lipinski definition) is 12. The van der Waals surface area contributed by atoms with Crippen LogP contribution < -0.4 is 59.7 Å². The van der Waals surface area contributed by atoms with E-state index in [2.05, 4.69) is 47.5 Å². The molecule has 0 bridgehead atoms. The Kier molecular flexibility index (Phi) is 25.9. The van der Waals surface area contributed by atoms with Crippen molar-refractivity contribution in [1.29, 1.82) is 0 Å². The van der Waals surface area contributed by atoms with Crippen molar-refractivity contribution >= 4 is 65.2 Å². The summed E-state index contributed by atoms with van der Waals surface area (Å²) in [6, 6.07) is 7.37. The van der Waals surface area contributed by atoms with Crippen LogP contribution >= 0.6 is 0 Å². The first-order valence-corrected chi connectivity index (χ1v) is 23.6. The lowest BCUT2D eigenvalue weighted by atomic mass is 10.00. The number of amides is 8. The quantitative estimate of drug-likeness (QED) is 0.0222. The van der Waals surface area contributed by atoms with Crippen LogP contribution in [-0.4, -0.2) is 137 Å². The van der Waals surface area contributed by atoms with Crippen LogP contribution in [0.5, 0.6) is 0 Å². The van der Waals surface area contributed by atoms with Gasteiger partial charge < -0.3 is 69.9 Å².